The molecule has 0 saturated carbocycles. The molecule has 5 heteroatoms. The molecule has 1 atom stereocenters. The first-order chi connectivity index (χ1) is 15.0. The van der Waals surface area contributed by atoms with Gasteiger partial charge in [0.25, 0.3) is 5.91 Å². The molecule has 31 heavy (non-hydrogen) atoms. The van der Waals surface area contributed by atoms with Gasteiger partial charge in [-0.05, 0) is 59.5 Å². The molecule has 4 nitrogen and oxygen atoms in total. The molecule has 3 aromatic carbocycles. The second-order valence-corrected chi connectivity index (χ2v) is 8.21. The summed E-state index contributed by atoms with van der Waals surface area (Å²) in [5.41, 5.74) is 5.52. The van der Waals surface area contributed by atoms with Gasteiger partial charge < -0.3 is 10.2 Å². The van der Waals surface area contributed by atoms with Crippen LogP contribution in [0.2, 0.25) is 0 Å². The third-order valence-corrected chi connectivity index (χ3v) is 5.96. The Morgan fingerprint density at radius 3 is 2.35 bits per heavy atom. The highest BCUT2D eigenvalue weighted by Gasteiger charge is 2.25. The first-order valence-corrected chi connectivity index (χ1v) is 10.6. The van der Waals surface area contributed by atoms with Crippen LogP contribution < -0.4 is 10.2 Å². The Hall–Kier alpha value is -3.18. The summed E-state index contributed by atoms with van der Waals surface area (Å²) in [7, 11) is 4.05. The molecule has 4 rings (SSSR count). The van der Waals surface area contributed by atoms with Crippen molar-refractivity contribution in [2.75, 3.05) is 32.1 Å². The Balaban J connectivity index is 1.55. The molecule has 0 aliphatic carbocycles. The van der Waals surface area contributed by atoms with Crippen LogP contribution in [0.4, 0.5) is 10.1 Å². The third-order valence-electron chi connectivity index (χ3n) is 5.96. The van der Waals surface area contributed by atoms with Crippen molar-refractivity contribution in [1.82, 2.24) is 10.2 Å². The highest BCUT2D eigenvalue weighted by molar-refractivity contribution is 5.94. The molecular weight excluding hydrogens is 389 g/mol. The van der Waals surface area contributed by atoms with Crippen LogP contribution in [0.1, 0.15) is 33.1 Å². The summed E-state index contributed by atoms with van der Waals surface area (Å²) in [6.45, 7) is 2.27. The molecule has 1 heterocycles. The minimum atomic E-state index is -0.345. The highest BCUT2D eigenvalue weighted by Crippen LogP contribution is 2.28. The number of hydrogen-bond donors (Lipinski definition) is 1. The zero-order valence-electron chi connectivity index (χ0n) is 18.0. The summed E-state index contributed by atoms with van der Waals surface area (Å²) in [6, 6.07) is 22.8. The average Bonchev–Trinajstić information content (AvgIpc) is 2.79. The Morgan fingerprint density at radius 1 is 1.00 bits per heavy atom. The number of anilines is 1. The van der Waals surface area contributed by atoms with E-state index in [0.29, 0.717) is 12.1 Å². The standard InChI is InChI=1S/C26H28FN3O/c1-29(2)24-13-9-20(10-14-24)25(17-28-26(31)21-7-11-23(27)12-8-21)30-16-15-19-5-3-4-6-22(19)18-30/h3-14,25H,15-18H2,1-2H3,(H,28,31). The fraction of sp³-hybridized carbons (Fsp3) is 0.269. The number of benzene rings is 3. The summed E-state index contributed by atoms with van der Waals surface area (Å²) in [6.07, 6.45) is 0.994. The van der Waals surface area contributed by atoms with E-state index in [0.717, 1.165) is 25.2 Å². The first-order valence-electron chi connectivity index (χ1n) is 10.6. The van der Waals surface area contributed by atoms with Crippen molar-refractivity contribution in [2.24, 2.45) is 0 Å². The SMILES string of the molecule is CN(C)c1ccc(C(CNC(=O)c2ccc(F)cc2)N2CCc3ccccc3C2)cc1. The summed E-state index contributed by atoms with van der Waals surface area (Å²) >= 11 is 0. The maximum Gasteiger partial charge on any atom is 0.251 e. The number of nitrogens with one attached hydrogen (secondary N) is 1. The van der Waals surface area contributed by atoms with Gasteiger partial charge in [-0.15, -0.1) is 0 Å². The molecule has 3 aromatic rings. The van der Waals surface area contributed by atoms with Crippen LogP contribution >= 0.6 is 0 Å². The topological polar surface area (TPSA) is 35.6 Å². The van der Waals surface area contributed by atoms with Crippen LogP contribution in [-0.4, -0.2) is 38.0 Å². The van der Waals surface area contributed by atoms with Gasteiger partial charge >= 0.3 is 0 Å². The van der Waals surface area contributed by atoms with Crippen molar-refractivity contribution in [2.45, 2.75) is 19.0 Å². The molecule has 1 amide bonds. The van der Waals surface area contributed by atoms with Gasteiger partial charge in [0.05, 0.1) is 6.04 Å². The zero-order valence-corrected chi connectivity index (χ0v) is 18.0. The molecule has 0 aromatic heterocycles. The quantitative estimate of drug-likeness (QED) is 0.645. The Bertz CT molecular complexity index is 1030. The van der Waals surface area contributed by atoms with Crippen LogP contribution in [0, 0.1) is 5.82 Å². The van der Waals surface area contributed by atoms with Crippen LogP contribution in [-0.2, 0) is 13.0 Å². The molecule has 0 bridgehead atoms. The minimum Gasteiger partial charge on any atom is -0.378 e. The number of hydrogen-bond acceptors (Lipinski definition) is 3. The van der Waals surface area contributed by atoms with Crippen molar-refractivity contribution < 1.29 is 9.18 Å². The van der Waals surface area contributed by atoms with E-state index in [1.807, 2.05) is 14.1 Å². The molecule has 0 fully saturated rings. The second-order valence-electron chi connectivity index (χ2n) is 8.21. The summed E-state index contributed by atoms with van der Waals surface area (Å²) in [5, 5.41) is 3.06. The fourth-order valence-corrected chi connectivity index (χ4v) is 4.13. The molecule has 1 N–H and O–H groups in total. The van der Waals surface area contributed by atoms with E-state index in [4.69, 9.17) is 0 Å². The lowest BCUT2D eigenvalue weighted by Crippen LogP contribution is -2.40. The number of nitrogens with zero attached hydrogens (tertiary/aromatic N) is 2. The lowest BCUT2D eigenvalue weighted by atomic mass is 9.96. The van der Waals surface area contributed by atoms with Gasteiger partial charge in [-0.3, -0.25) is 9.69 Å². The van der Waals surface area contributed by atoms with E-state index in [2.05, 4.69) is 63.6 Å². The van der Waals surface area contributed by atoms with Gasteiger partial charge in [-0.1, -0.05) is 36.4 Å². The van der Waals surface area contributed by atoms with E-state index < -0.39 is 0 Å². The van der Waals surface area contributed by atoms with E-state index >= 15 is 0 Å². The van der Waals surface area contributed by atoms with Crippen LogP contribution in [0.15, 0.2) is 72.8 Å². The smallest absolute Gasteiger partial charge is 0.251 e. The highest BCUT2D eigenvalue weighted by atomic mass is 19.1. The summed E-state index contributed by atoms with van der Waals surface area (Å²) in [4.78, 5) is 17.2. The van der Waals surface area contributed by atoms with Crippen molar-refractivity contribution in [1.29, 1.82) is 0 Å². The van der Waals surface area contributed by atoms with Crippen molar-refractivity contribution >= 4 is 11.6 Å². The van der Waals surface area contributed by atoms with Gasteiger partial charge in [0.2, 0.25) is 0 Å². The normalized spacial score (nSPS) is 14.5. The maximum atomic E-state index is 13.2. The molecule has 160 valence electrons. The molecule has 0 spiro atoms. The molecule has 1 aliphatic rings. The van der Waals surface area contributed by atoms with E-state index in [-0.39, 0.29) is 17.8 Å². The third kappa shape index (κ3) is 4.94. The predicted octanol–water partition coefficient (Wildman–Crippen LogP) is 4.42. The van der Waals surface area contributed by atoms with Crippen molar-refractivity contribution in [3.63, 3.8) is 0 Å². The summed E-state index contributed by atoms with van der Waals surface area (Å²) < 4.78 is 13.2. The lowest BCUT2D eigenvalue weighted by Gasteiger charge is -2.36. The number of rotatable bonds is 6. The Kier molecular flexibility index (Phi) is 6.33. The number of fused-ring (bicyclic) bond motifs is 1. The van der Waals surface area contributed by atoms with E-state index in [1.165, 1.54) is 41.0 Å². The molecule has 1 unspecified atom stereocenters. The monoisotopic (exact) mass is 417 g/mol. The number of carbonyl (C=O) groups excluding carboxylic acids is 1. The van der Waals surface area contributed by atoms with Crippen molar-refractivity contribution in [3.05, 3.63) is 101 Å². The van der Waals surface area contributed by atoms with Gasteiger partial charge in [-0.25, -0.2) is 4.39 Å². The molecule has 0 radical (unpaired) electrons. The molecule has 1 aliphatic heterocycles. The Morgan fingerprint density at radius 2 is 1.68 bits per heavy atom. The molecule has 0 saturated heterocycles. The van der Waals surface area contributed by atoms with Gasteiger partial charge in [0, 0.05) is 45.0 Å². The minimum absolute atomic E-state index is 0.0500. The molecular formula is C26H28FN3O. The van der Waals surface area contributed by atoms with Gasteiger partial charge in [-0.2, -0.15) is 0 Å². The number of amides is 1. The average molecular weight is 418 g/mol. The van der Waals surface area contributed by atoms with Crippen LogP contribution in [0.5, 0.6) is 0 Å². The van der Waals surface area contributed by atoms with E-state index in [1.54, 1.807) is 0 Å². The largest absolute Gasteiger partial charge is 0.378 e. The number of halogens is 1. The second kappa shape index (κ2) is 9.31. The van der Waals surface area contributed by atoms with E-state index in [9.17, 15) is 9.18 Å². The summed E-state index contributed by atoms with van der Waals surface area (Å²) in [5.74, 6) is -0.533. The van der Waals surface area contributed by atoms with Crippen LogP contribution in [0.25, 0.3) is 0 Å². The van der Waals surface area contributed by atoms with Gasteiger partial charge in [0.1, 0.15) is 5.82 Å². The lowest BCUT2D eigenvalue weighted by molar-refractivity contribution is 0.0927. The van der Waals surface area contributed by atoms with Gasteiger partial charge in [0.15, 0.2) is 0 Å². The fourth-order valence-electron chi connectivity index (χ4n) is 4.13. The zero-order chi connectivity index (χ0) is 21.8. The van der Waals surface area contributed by atoms with Crippen LogP contribution in [0.3, 0.4) is 0 Å². The van der Waals surface area contributed by atoms with Crippen molar-refractivity contribution in [3.8, 4) is 0 Å². The Labute approximate surface area is 183 Å². The maximum absolute atomic E-state index is 13.2. The first kappa shape index (κ1) is 21.1. The predicted molar refractivity (Wildman–Crippen MR) is 123 cm³/mol. The number of carbonyl (C=O) groups is 1.